The highest BCUT2D eigenvalue weighted by molar-refractivity contribution is 8.13. The zero-order valence-electron chi connectivity index (χ0n) is 12.0. The molecule has 0 saturated heterocycles. The molecule has 2 aromatic carbocycles. The summed E-state index contributed by atoms with van der Waals surface area (Å²) >= 11 is 1.35. The Bertz CT molecular complexity index is 748. The smallest absolute Gasteiger partial charge is 0.310 e. The molecule has 0 spiro atoms. The van der Waals surface area contributed by atoms with Gasteiger partial charge in [0.2, 0.25) is 0 Å². The first-order chi connectivity index (χ1) is 11.1. The van der Waals surface area contributed by atoms with Crippen LogP contribution in [0.25, 0.3) is 0 Å². The number of aromatic hydroxyl groups is 1. The molecule has 0 bridgehead atoms. The Morgan fingerprint density at radius 3 is 2.70 bits per heavy atom. The maximum absolute atomic E-state index is 10.6. The second-order valence-corrected chi connectivity index (χ2v) is 5.46. The lowest BCUT2D eigenvalue weighted by Gasteiger charge is -1.99. The Morgan fingerprint density at radius 1 is 1.30 bits per heavy atom. The number of nitrogens with two attached hydrogens (primary N) is 1. The van der Waals surface area contributed by atoms with Gasteiger partial charge in [0.15, 0.2) is 10.9 Å². The van der Waals surface area contributed by atoms with E-state index in [2.05, 4.69) is 10.2 Å². The normalized spacial score (nSPS) is 11.7. The molecule has 0 aliphatic heterocycles. The standard InChI is InChI=1S/C15H14N4O3S/c16-15(23-10-11-4-2-1-3-5-11)18-17-9-12-6-7-13(19(21)22)14(20)8-12/h1-9,20H,10H2,(H2,16,18). The van der Waals surface area contributed by atoms with Crippen molar-refractivity contribution in [1.82, 2.24) is 0 Å². The Hall–Kier alpha value is -2.87. The lowest BCUT2D eigenvalue weighted by atomic mass is 10.2. The van der Waals surface area contributed by atoms with Crippen LogP contribution >= 0.6 is 11.8 Å². The molecule has 118 valence electrons. The van der Waals surface area contributed by atoms with Crippen LogP contribution in [-0.2, 0) is 5.75 Å². The topological polar surface area (TPSA) is 114 Å². The number of nitro benzene ring substituents is 1. The molecule has 7 nitrogen and oxygen atoms in total. The van der Waals surface area contributed by atoms with Crippen LogP contribution in [0.4, 0.5) is 5.69 Å². The summed E-state index contributed by atoms with van der Waals surface area (Å²) in [4.78, 5) is 9.94. The van der Waals surface area contributed by atoms with Gasteiger partial charge in [0, 0.05) is 11.8 Å². The number of amidine groups is 1. The molecule has 3 N–H and O–H groups in total. The average molecular weight is 330 g/mol. The molecule has 0 aliphatic rings. The van der Waals surface area contributed by atoms with Gasteiger partial charge >= 0.3 is 5.69 Å². The van der Waals surface area contributed by atoms with Crippen molar-refractivity contribution >= 4 is 28.8 Å². The van der Waals surface area contributed by atoms with Crippen LogP contribution < -0.4 is 5.73 Å². The number of benzene rings is 2. The minimum Gasteiger partial charge on any atom is -0.502 e. The minimum absolute atomic E-state index is 0.302. The summed E-state index contributed by atoms with van der Waals surface area (Å²) in [5.74, 6) is 0.263. The van der Waals surface area contributed by atoms with Crippen molar-refractivity contribution in [3.63, 3.8) is 0 Å². The van der Waals surface area contributed by atoms with Crippen LogP contribution in [0.2, 0.25) is 0 Å². The second-order valence-electron chi connectivity index (χ2n) is 4.46. The van der Waals surface area contributed by atoms with Gasteiger partial charge in [-0.05, 0) is 23.3 Å². The summed E-state index contributed by atoms with van der Waals surface area (Å²) in [6, 6.07) is 13.7. The van der Waals surface area contributed by atoms with E-state index in [0.29, 0.717) is 16.5 Å². The molecule has 0 unspecified atom stereocenters. The quantitative estimate of drug-likeness (QED) is 0.378. The predicted octanol–water partition coefficient (Wildman–Crippen LogP) is 2.88. The van der Waals surface area contributed by atoms with Crippen molar-refractivity contribution < 1.29 is 10.0 Å². The Kier molecular flexibility index (Phi) is 5.70. The molecule has 0 heterocycles. The van der Waals surface area contributed by atoms with Crippen LogP contribution in [0.15, 0.2) is 58.7 Å². The highest BCUT2D eigenvalue weighted by atomic mass is 32.2. The number of thioether (sulfide) groups is 1. The molecule has 0 atom stereocenters. The van der Waals surface area contributed by atoms with Crippen LogP contribution in [0.1, 0.15) is 11.1 Å². The monoisotopic (exact) mass is 330 g/mol. The first-order valence-electron chi connectivity index (χ1n) is 6.57. The second kappa shape index (κ2) is 7.95. The minimum atomic E-state index is -0.660. The van der Waals surface area contributed by atoms with Crippen molar-refractivity contribution in [3.8, 4) is 5.75 Å². The fourth-order valence-electron chi connectivity index (χ4n) is 1.69. The number of hydrogen-bond acceptors (Lipinski definition) is 6. The molecule has 2 aromatic rings. The maximum atomic E-state index is 10.6. The number of hydrogen-bond donors (Lipinski definition) is 2. The lowest BCUT2D eigenvalue weighted by Crippen LogP contribution is -2.05. The number of rotatable bonds is 5. The SMILES string of the molecule is NC(=NN=Cc1ccc([N+](=O)[O-])c(O)c1)SCc1ccccc1. The number of phenols is 1. The molecule has 0 saturated carbocycles. The van der Waals surface area contributed by atoms with E-state index in [9.17, 15) is 15.2 Å². The van der Waals surface area contributed by atoms with Gasteiger partial charge in [-0.1, -0.05) is 42.1 Å². The fourth-order valence-corrected chi connectivity index (χ4v) is 2.30. The number of phenolic OH excluding ortho intramolecular Hbond substituents is 1. The van der Waals surface area contributed by atoms with Gasteiger partial charge in [0.25, 0.3) is 0 Å². The van der Waals surface area contributed by atoms with Gasteiger partial charge in [0.05, 0.1) is 11.1 Å². The molecule has 8 heteroatoms. The van der Waals surface area contributed by atoms with Crippen molar-refractivity contribution in [2.75, 3.05) is 0 Å². The third-order valence-corrected chi connectivity index (χ3v) is 3.64. The molecule has 2 rings (SSSR count). The first-order valence-corrected chi connectivity index (χ1v) is 7.55. The number of nitrogens with zero attached hydrogens (tertiary/aromatic N) is 3. The molecule has 23 heavy (non-hydrogen) atoms. The third kappa shape index (κ3) is 5.11. The highest BCUT2D eigenvalue weighted by Gasteiger charge is 2.11. The van der Waals surface area contributed by atoms with E-state index in [1.807, 2.05) is 30.3 Å². The van der Waals surface area contributed by atoms with Crippen molar-refractivity contribution in [2.24, 2.45) is 15.9 Å². The summed E-state index contributed by atoms with van der Waals surface area (Å²) < 4.78 is 0. The van der Waals surface area contributed by atoms with Crippen LogP contribution in [-0.4, -0.2) is 21.4 Å². The van der Waals surface area contributed by atoms with E-state index in [1.165, 1.54) is 36.2 Å². The van der Waals surface area contributed by atoms with E-state index in [1.54, 1.807) is 0 Å². The van der Waals surface area contributed by atoms with Gasteiger partial charge in [-0.3, -0.25) is 10.1 Å². The predicted molar refractivity (Wildman–Crippen MR) is 91.7 cm³/mol. The van der Waals surface area contributed by atoms with Gasteiger partial charge in [-0.25, -0.2) is 0 Å². The van der Waals surface area contributed by atoms with Crippen molar-refractivity contribution in [2.45, 2.75) is 5.75 Å². The summed E-state index contributed by atoms with van der Waals surface area (Å²) in [5.41, 5.74) is 6.99. The largest absolute Gasteiger partial charge is 0.502 e. The first kappa shape index (κ1) is 16.5. The van der Waals surface area contributed by atoms with Gasteiger partial charge < -0.3 is 10.8 Å². The molecule has 0 aromatic heterocycles. The molecule has 0 fully saturated rings. The molecule has 0 radical (unpaired) electrons. The average Bonchev–Trinajstić information content (AvgIpc) is 2.53. The Balaban J connectivity index is 1.94. The lowest BCUT2D eigenvalue weighted by molar-refractivity contribution is -0.385. The van der Waals surface area contributed by atoms with Gasteiger partial charge in [-0.2, -0.15) is 5.10 Å². The van der Waals surface area contributed by atoms with E-state index < -0.39 is 10.7 Å². The van der Waals surface area contributed by atoms with E-state index >= 15 is 0 Å². The third-order valence-electron chi connectivity index (χ3n) is 2.79. The molecule has 0 aliphatic carbocycles. The fraction of sp³-hybridized carbons (Fsp3) is 0.0667. The van der Waals surface area contributed by atoms with Crippen LogP contribution in [0.3, 0.4) is 0 Å². The zero-order chi connectivity index (χ0) is 16.7. The van der Waals surface area contributed by atoms with E-state index in [-0.39, 0.29) is 5.69 Å². The zero-order valence-corrected chi connectivity index (χ0v) is 12.8. The van der Waals surface area contributed by atoms with Gasteiger partial charge in [-0.15, -0.1) is 5.10 Å². The van der Waals surface area contributed by atoms with Crippen LogP contribution in [0.5, 0.6) is 5.75 Å². The highest BCUT2D eigenvalue weighted by Crippen LogP contribution is 2.25. The molecular weight excluding hydrogens is 316 g/mol. The van der Waals surface area contributed by atoms with Crippen molar-refractivity contribution in [3.05, 3.63) is 69.8 Å². The molecular formula is C15H14N4O3S. The Morgan fingerprint density at radius 2 is 2.04 bits per heavy atom. The summed E-state index contributed by atoms with van der Waals surface area (Å²) in [5, 5.41) is 28.0. The summed E-state index contributed by atoms with van der Waals surface area (Å²) in [6.45, 7) is 0. The summed E-state index contributed by atoms with van der Waals surface area (Å²) in [6.07, 6.45) is 1.36. The summed E-state index contributed by atoms with van der Waals surface area (Å²) in [7, 11) is 0. The van der Waals surface area contributed by atoms with E-state index in [4.69, 9.17) is 5.73 Å². The van der Waals surface area contributed by atoms with Crippen LogP contribution in [0, 0.1) is 10.1 Å². The van der Waals surface area contributed by atoms with Crippen molar-refractivity contribution in [1.29, 1.82) is 0 Å². The Labute approximate surface area is 136 Å². The van der Waals surface area contributed by atoms with Gasteiger partial charge in [0.1, 0.15) is 0 Å². The number of nitro groups is 1. The molecule has 0 amide bonds. The van der Waals surface area contributed by atoms with E-state index in [0.717, 1.165) is 5.56 Å². The maximum Gasteiger partial charge on any atom is 0.310 e.